The SMILES string of the molecule is Cl.O=C(CC1CCCN1)NCCCNC(=O)c1cccc(Br)c1. The standard InChI is InChI=1S/C16H22BrN3O2.ClH/c17-13-5-1-4-12(10-13)16(22)20-9-3-8-19-15(21)11-14-6-2-7-18-14;/h1,4-5,10,14,18H,2-3,6-9,11H2,(H,19,21)(H,20,22);1H. The van der Waals surface area contributed by atoms with Crippen LogP contribution in [0.2, 0.25) is 0 Å². The van der Waals surface area contributed by atoms with Gasteiger partial charge in [0.2, 0.25) is 5.91 Å². The van der Waals surface area contributed by atoms with Gasteiger partial charge in [0.1, 0.15) is 0 Å². The molecule has 1 fully saturated rings. The first-order valence-electron chi connectivity index (χ1n) is 7.69. The van der Waals surface area contributed by atoms with Crippen LogP contribution in [-0.2, 0) is 4.79 Å². The Balaban J connectivity index is 0.00000264. The van der Waals surface area contributed by atoms with Gasteiger partial charge in [-0.3, -0.25) is 9.59 Å². The molecule has 1 unspecified atom stereocenters. The number of hydrogen-bond acceptors (Lipinski definition) is 3. The van der Waals surface area contributed by atoms with E-state index in [1.807, 2.05) is 12.1 Å². The second-order valence-corrected chi connectivity index (χ2v) is 6.38. The van der Waals surface area contributed by atoms with Crippen molar-refractivity contribution in [2.24, 2.45) is 0 Å². The second kappa shape index (κ2) is 10.6. The summed E-state index contributed by atoms with van der Waals surface area (Å²) < 4.78 is 0.882. The predicted molar refractivity (Wildman–Crippen MR) is 97.0 cm³/mol. The minimum atomic E-state index is -0.0946. The number of benzene rings is 1. The maximum absolute atomic E-state index is 11.9. The van der Waals surface area contributed by atoms with E-state index in [9.17, 15) is 9.59 Å². The molecule has 2 amide bonds. The molecule has 128 valence electrons. The van der Waals surface area contributed by atoms with Crippen molar-refractivity contribution >= 4 is 40.2 Å². The molecule has 0 saturated carbocycles. The molecule has 0 spiro atoms. The molecule has 3 N–H and O–H groups in total. The summed E-state index contributed by atoms with van der Waals surface area (Å²) in [5.74, 6) is -0.0134. The number of hydrogen-bond donors (Lipinski definition) is 3. The van der Waals surface area contributed by atoms with Crippen LogP contribution in [0.5, 0.6) is 0 Å². The molecule has 1 aromatic carbocycles. The van der Waals surface area contributed by atoms with Crippen molar-refractivity contribution in [1.82, 2.24) is 16.0 Å². The van der Waals surface area contributed by atoms with Gasteiger partial charge in [-0.2, -0.15) is 0 Å². The molecule has 0 bridgehead atoms. The molecule has 1 aromatic rings. The molecule has 1 aliphatic heterocycles. The highest BCUT2D eigenvalue weighted by Crippen LogP contribution is 2.11. The van der Waals surface area contributed by atoms with Crippen LogP contribution < -0.4 is 16.0 Å². The lowest BCUT2D eigenvalue weighted by atomic mass is 10.1. The Kier molecular flexibility index (Phi) is 9.21. The maximum Gasteiger partial charge on any atom is 0.251 e. The van der Waals surface area contributed by atoms with Crippen LogP contribution in [0.4, 0.5) is 0 Å². The summed E-state index contributed by atoms with van der Waals surface area (Å²) in [6.07, 6.45) is 3.50. The highest BCUT2D eigenvalue weighted by Gasteiger charge is 2.17. The van der Waals surface area contributed by atoms with Crippen LogP contribution in [0.3, 0.4) is 0 Å². The van der Waals surface area contributed by atoms with E-state index in [0.29, 0.717) is 31.1 Å². The monoisotopic (exact) mass is 403 g/mol. The van der Waals surface area contributed by atoms with Gasteiger partial charge in [0.15, 0.2) is 0 Å². The smallest absolute Gasteiger partial charge is 0.251 e. The molecule has 0 radical (unpaired) electrons. The van der Waals surface area contributed by atoms with Gasteiger partial charge in [-0.15, -0.1) is 12.4 Å². The molecule has 1 saturated heterocycles. The Morgan fingerprint density at radius 2 is 2.04 bits per heavy atom. The number of halogens is 2. The van der Waals surface area contributed by atoms with Gasteiger partial charge in [-0.05, 0) is 44.0 Å². The molecule has 1 aliphatic rings. The first-order valence-corrected chi connectivity index (χ1v) is 8.48. The largest absolute Gasteiger partial charge is 0.356 e. The minimum Gasteiger partial charge on any atom is -0.356 e. The van der Waals surface area contributed by atoms with Crippen molar-refractivity contribution in [3.05, 3.63) is 34.3 Å². The van der Waals surface area contributed by atoms with E-state index in [4.69, 9.17) is 0 Å². The van der Waals surface area contributed by atoms with Crippen molar-refractivity contribution in [2.75, 3.05) is 19.6 Å². The van der Waals surface area contributed by atoms with Gasteiger partial charge in [0.25, 0.3) is 5.91 Å². The van der Waals surface area contributed by atoms with Crippen molar-refractivity contribution in [2.45, 2.75) is 31.7 Å². The molecule has 0 aliphatic carbocycles. The number of amides is 2. The number of carbonyl (C=O) groups is 2. The van der Waals surface area contributed by atoms with E-state index < -0.39 is 0 Å². The van der Waals surface area contributed by atoms with Crippen molar-refractivity contribution in [3.63, 3.8) is 0 Å². The third-order valence-electron chi connectivity index (χ3n) is 3.64. The van der Waals surface area contributed by atoms with Gasteiger partial charge >= 0.3 is 0 Å². The zero-order chi connectivity index (χ0) is 15.8. The molecular formula is C16H23BrClN3O2. The highest BCUT2D eigenvalue weighted by atomic mass is 79.9. The van der Waals surface area contributed by atoms with Crippen molar-refractivity contribution in [1.29, 1.82) is 0 Å². The number of carbonyl (C=O) groups excluding carboxylic acids is 2. The van der Waals surface area contributed by atoms with Crippen molar-refractivity contribution in [3.8, 4) is 0 Å². The molecule has 5 nitrogen and oxygen atoms in total. The molecule has 7 heteroatoms. The van der Waals surface area contributed by atoms with Crippen molar-refractivity contribution < 1.29 is 9.59 Å². The van der Waals surface area contributed by atoms with Crippen LogP contribution in [-0.4, -0.2) is 37.5 Å². The summed E-state index contributed by atoms with van der Waals surface area (Å²) >= 11 is 3.34. The number of nitrogens with one attached hydrogen (secondary N) is 3. The first-order chi connectivity index (χ1) is 10.6. The Hall–Kier alpha value is -1.11. The Labute approximate surface area is 151 Å². The quantitative estimate of drug-likeness (QED) is 0.611. The molecule has 1 heterocycles. The summed E-state index contributed by atoms with van der Waals surface area (Å²) in [4.78, 5) is 23.6. The molecule has 1 atom stereocenters. The van der Waals surface area contributed by atoms with Gasteiger partial charge in [0.05, 0.1) is 0 Å². The number of rotatable bonds is 7. The summed E-state index contributed by atoms with van der Waals surface area (Å²) in [6.45, 7) is 2.15. The fraction of sp³-hybridized carbons (Fsp3) is 0.500. The maximum atomic E-state index is 11.9. The summed E-state index contributed by atoms with van der Waals surface area (Å²) in [6, 6.07) is 7.60. The molecule has 2 rings (SSSR count). The van der Waals surface area contributed by atoms with Gasteiger partial charge in [-0.1, -0.05) is 22.0 Å². The second-order valence-electron chi connectivity index (χ2n) is 5.47. The van der Waals surface area contributed by atoms with Crippen LogP contribution in [0.1, 0.15) is 36.0 Å². The van der Waals surface area contributed by atoms with E-state index in [0.717, 1.165) is 30.3 Å². The minimum absolute atomic E-state index is 0. The zero-order valence-corrected chi connectivity index (χ0v) is 15.3. The fourth-order valence-corrected chi connectivity index (χ4v) is 2.88. The van der Waals surface area contributed by atoms with Gasteiger partial charge < -0.3 is 16.0 Å². The summed E-state index contributed by atoms with van der Waals surface area (Å²) in [5.41, 5.74) is 0.630. The summed E-state index contributed by atoms with van der Waals surface area (Å²) in [7, 11) is 0. The normalized spacial score (nSPS) is 16.5. The lowest BCUT2D eigenvalue weighted by Crippen LogP contribution is -2.33. The van der Waals surface area contributed by atoms with E-state index >= 15 is 0 Å². The Morgan fingerprint density at radius 1 is 1.26 bits per heavy atom. The lowest BCUT2D eigenvalue weighted by Gasteiger charge is -2.10. The van der Waals surface area contributed by atoms with Gasteiger partial charge in [-0.25, -0.2) is 0 Å². The van der Waals surface area contributed by atoms with Crippen LogP contribution >= 0.6 is 28.3 Å². The predicted octanol–water partition coefficient (Wildman–Crippen LogP) is 2.25. The lowest BCUT2D eigenvalue weighted by molar-refractivity contribution is -0.121. The third kappa shape index (κ3) is 7.33. The molecular weight excluding hydrogens is 382 g/mol. The highest BCUT2D eigenvalue weighted by molar-refractivity contribution is 9.10. The van der Waals surface area contributed by atoms with E-state index in [1.54, 1.807) is 12.1 Å². The van der Waals surface area contributed by atoms with Gasteiger partial charge in [0, 0.05) is 35.6 Å². The van der Waals surface area contributed by atoms with Crippen LogP contribution in [0.15, 0.2) is 28.7 Å². The molecule has 0 aromatic heterocycles. The van der Waals surface area contributed by atoms with Crippen LogP contribution in [0, 0.1) is 0 Å². The molecule has 23 heavy (non-hydrogen) atoms. The zero-order valence-electron chi connectivity index (χ0n) is 12.9. The first kappa shape index (κ1) is 19.9. The average molecular weight is 405 g/mol. The Bertz CT molecular complexity index is 522. The van der Waals surface area contributed by atoms with Crippen LogP contribution in [0.25, 0.3) is 0 Å². The van der Waals surface area contributed by atoms with E-state index in [1.165, 1.54) is 0 Å². The third-order valence-corrected chi connectivity index (χ3v) is 4.14. The average Bonchev–Trinajstić information content (AvgIpc) is 2.99. The topological polar surface area (TPSA) is 70.2 Å². The summed E-state index contributed by atoms with van der Waals surface area (Å²) in [5, 5.41) is 9.05. The fourth-order valence-electron chi connectivity index (χ4n) is 2.48. The Morgan fingerprint density at radius 3 is 2.74 bits per heavy atom. The van der Waals surface area contributed by atoms with E-state index in [2.05, 4.69) is 31.9 Å². The van der Waals surface area contributed by atoms with E-state index in [-0.39, 0.29) is 24.2 Å².